The summed E-state index contributed by atoms with van der Waals surface area (Å²) >= 11 is 1.88. The first-order chi connectivity index (χ1) is 7.72. The smallest absolute Gasteiger partial charge is 0.0115 e. The lowest BCUT2D eigenvalue weighted by Crippen LogP contribution is -2.31. The van der Waals surface area contributed by atoms with Crippen molar-refractivity contribution in [2.75, 3.05) is 6.54 Å². The zero-order valence-corrected chi connectivity index (χ0v) is 11.6. The molecule has 0 radical (unpaired) electrons. The number of thiophene rings is 1. The Balaban J connectivity index is 2.36. The predicted octanol–water partition coefficient (Wildman–Crippen LogP) is 4.10. The minimum atomic E-state index is 0.668. The summed E-state index contributed by atoms with van der Waals surface area (Å²) in [5.41, 5.74) is 0. The van der Waals surface area contributed by atoms with Crippen molar-refractivity contribution in [3.8, 4) is 0 Å². The van der Waals surface area contributed by atoms with Gasteiger partial charge in [0.2, 0.25) is 0 Å². The molecule has 0 aliphatic heterocycles. The molecule has 0 aromatic carbocycles. The summed E-state index contributed by atoms with van der Waals surface area (Å²) in [5.74, 6) is 0.814. The lowest BCUT2D eigenvalue weighted by atomic mass is 10.0. The normalized spacial score (nSPS) is 13.2. The maximum atomic E-state index is 3.67. The van der Waals surface area contributed by atoms with Crippen molar-refractivity contribution in [1.82, 2.24) is 5.32 Å². The van der Waals surface area contributed by atoms with Gasteiger partial charge in [-0.05, 0) is 49.6 Å². The molecule has 0 aliphatic rings. The standard InChI is InChI=1S/C14H25NS/c1-4-9-15-13(8-7-12(2)3)11-14-6-5-10-16-14/h5-6,10,12-13,15H,4,7-9,11H2,1-3H3. The van der Waals surface area contributed by atoms with Crippen molar-refractivity contribution in [2.24, 2.45) is 5.92 Å². The molecule has 0 spiro atoms. The van der Waals surface area contributed by atoms with Crippen LogP contribution in [0.5, 0.6) is 0 Å². The molecule has 1 aromatic heterocycles. The van der Waals surface area contributed by atoms with Gasteiger partial charge in [-0.15, -0.1) is 11.3 Å². The molecule has 1 aromatic rings. The fourth-order valence-electron chi connectivity index (χ4n) is 1.83. The van der Waals surface area contributed by atoms with E-state index in [1.165, 1.54) is 30.6 Å². The number of nitrogens with one attached hydrogen (secondary N) is 1. The Hall–Kier alpha value is -0.340. The van der Waals surface area contributed by atoms with Crippen LogP contribution in [0, 0.1) is 5.92 Å². The van der Waals surface area contributed by atoms with Gasteiger partial charge in [0.05, 0.1) is 0 Å². The van der Waals surface area contributed by atoms with Crippen molar-refractivity contribution in [3.05, 3.63) is 22.4 Å². The summed E-state index contributed by atoms with van der Waals surface area (Å²) < 4.78 is 0. The molecule has 0 aliphatic carbocycles. The SMILES string of the molecule is CCCNC(CCC(C)C)Cc1cccs1. The van der Waals surface area contributed by atoms with E-state index in [0.717, 1.165) is 12.5 Å². The van der Waals surface area contributed by atoms with E-state index in [-0.39, 0.29) is 0 Å². The van der Waals surface area contributed by atoms with Crippen LogP contribution in [0.1, 0.15) is 44.9 Å². The highest BCUT2D eigenvalue weighted by molar-refractivity contribution is 7.09. The van der Waals surface area contributed by atoms with Crippen LogP contribution in [0.25, 0.3) is 0 Å². The fourth-order valence-corrected chi connectivity index (χ4v) is 2.62. The van der Waals surface area contributed by atoms with E-state index < -0.39 is 0 Å². The van der Waals surface area contributed by atoms with Crippen LogP contribution in [0.15, 0.2) is 17.5 Å². The highest BCUT2D eigenvalue weighted by atomic mass is 32.1. The van der Waals surface area contributed by atoms with E-state index in [1.807, 2.05) is 11.3 Å². The molecule has 0 amide bonds. The first-order valence-corrected chi connectivity index (χ1v) is 7.36. The van der Waals surface area contributed by atoms with Gasteiger partial charge >= 0.3 is 0 Å². The maximum absolute atomic E-state index is 3.67. The van der Waals surface area contributed by atoms with Gasteiger partial charge in [0.25, 0.3) is 0 Å². The monoisotopic (exact) mass is 239 g/mol. The van der Waals surface area contributed by atoms with Crippen molar-refractivity contribution in [3.63, 3.8) is 0 Å². The molecule has 1 nitrogen and oxygen atoms in total. The van der Waals surface area contributed by atoms with Gasteiger partial charge in [0.1, 0.15) is 0 Å². The van der Waals surface area contributed by atoms with Crippen molar-refractivity contribution in [2.45, 2.75) is 52.5 Å². The van der Waals surface area contributed by atoms with Crippen molar-refractivity contribution >= 4 is 11.3 Å². The third-order valence-corrected chi connectivity index (χ3v) is 3.70. The Morgan fingerprint density at radius 3 is 2.69 bits per heavy atom. The van der Waals surface area contributed by atoms with Gasteiger partial charge in [0.15, 0.2) is 0 Å². The third kappa shape index (κ3) is 5.66. The van der Waals surface area contributed by atoms with Gasteiger partial charge in [-0.3, -0.25) is 0 Å². The molecule has 92 valence electrons. The molecule has 2 heteroatoms. The number of hydrogen-bond donors (Lipinski definition) is 1. The Morgan fingerprint density at radius 2 is 2.12 bits per heavy atom. The minimum Gasteiger partial charge on any atom is -0.314 e. The molecule has 0 bridgehead atoms. The summed E-state index contributed by atoms with van der Waals surface area (Å²) in [7, 11) is 0. The lowest BCUT2D eigenvalue weighted by molar-refractivity contribution is 0.429. The van der Waals surface area contributed by atoms with E-state index in [4.69, 9.17) is 0 Å². The zero-order valence-electron chi connectivity index (χ0n) is 10.8. The molecule has 0 saturated carbocycles. The second kappa shape index (κ2) is 7.86. The Morgan fingerprint density at radius 1 is 1.31 bits per heavy atom. The van der Waals surface area contributed by atoms with Gasteiger partial charge in [-0.2, -0.15) is 0 Å². The van der Waals surface area contributed by atoms with Crippen molar-refractivity contribution in [1.29, 1.82) is 0 Å². The molecule has 0 saturated heterocycles. The Bertz CT molecular complexity index is 254. The zero-order chi connectivity index (χ0) is 11.8. The molecular weight excluding hydrogens is 214 g/mol. The Labute approximate surface area is 104 Å². The first-order valence-electron chi connectivity index (χ1n) is 6.48. The van der Waals surface area contributed by atoms with Crippen LogP contribution < -0.4 is 5.32 Å². The van der Waals surface area contributed by atoms with Crippen LogP contribution in [0.3, 0.4) is 0 Å². The molecule has 1 rings (SSSR count). The summed E-state index contributed by atoms with van der Waals surface area (Å²) in [6.07, 6.45) is 5.05. The second-order valence-corrected chi connectivity index (χ2v) is 5.94. The summed E-state index contributed by atoms with van der Waals surface area (Å²) in [6, 6.07) is 5.07. The van der Waals surface area contributed by atoms with E-state index in [9.17, 15) is 0 Å². The third-order valence-electron chi connectivity index (χ3n) is 2.80. The molecule has 1 atom stereocenters. The molecule has 16 heavy (non-hydrogen) atoms. The van der Waals surface area contributed by atoms with E-state index in [0.29, 0.717) is 6.04 Å². The molecule has 1 heterocycles. The van der Waals surface area contributed by atoms with Crippen LogP contribution in [-0.4, -0.2) is 12.6 Å². The Kier molecular flexibility index (Phi) is 6.74. The summed E-state index contributed by atoms with van der Waals surface area (Å²) in [6.45, 7) is 8.00. The topological polar surface area (TPSA) is 12.0 Å². The largest absolute Gasteiger partial charge is 0.314 e. The molecule has 0 fully saturated rings. The second-order valence-electron chi connectivity index (χ2n) is 4.91. The van der Waals surface area contributed by atoms with Gasteiger partial charge in [0, 0.05) is 10.9 Å². The van der Waals surface area contributed by atoms with Crippen LogP contribution in [0.2, 0.25) is 0 Å². The fraction of sp³-hybridized carbons (Fsp3) is 0.714. The van der Waals surface area contributed by atoms with E-state index in [1.54, 1.807) is 0 Å². The minimum absolute atomic E-state index is 0.668. The van der Waals surface area contributed by atoms with Crippen molar-refractivity contribution < 1.29 is 0 Å². The highest BCUT2D eigenvalue weighted by Gasteiger charge is 2.10. The van der Waals surface area contributed by atoms with Gasteiger partial charge in [-0.1, -0.05) is 26.8 Å². The number of rotatable bonds is 8. The van der Waals surface area contributed by atoms with Gasteiger partial charge < -0.3 is 5.32 Å². The first kappa shape index (κ1) is 13.7. The van der Waals surface area contributed by atoms with E-state index >= 15 is 0 Å². The van der Waals surface area contributed by atoms with E-state index in [2.05, 4.69) is 43.6 Å². The average Bonchev–Trinajstić information content (AvgIpc) is 2.74. The molecule has 1 N–H and O–H groups in total. The van der Waals surface area contributed by atoms with Crippen LogP contribution in [-0.2, 0) is 6.42 Å². The highest BCUT2D eigenvalue weighted by Crippen LogP contribution is 2.15. The van der Waals surface area contributed by atoms with Gasteiger partial charge in [-0.25, -0.2) is 0 Å². The quantitative estimate of drug-likeness (QED) is 0.720. The predicted molar refractivity (Wildman–Crippen MR) is 74.2 cm³/mol. The van der Waals surface area contributed by atoms with Crippen LogP contribution >= 0.6 is 11.3 Å². The molecular formula is C14H25NS. The van der Waals surface area contributed by atoms with Crippen LogP contribution in [0.4, 0.5) is 0 Å². The maximum Gasteiger partial charge on any atom is 0.0115 e. The average molecular weight is 239 g/mol. The summed E-state index contributed by atoms with van der Waals surface area (Å²) in [4.78, 5) is 1.51. The lowest BCUT2D eigenvalue weighted by Gasteiger charge is -2.18. The molecule has 1 unspecified atom stereocenters. The summed E-state index contributed by atoms with van der Waals surface area (Å²) in [5, 5.41) is 5.84. The number of hydrogen-bond acceptors (Lipinski definition) is 2.